The molecule has 6 nitrogen and oxygen atoms in total. The minimum atomic E-state index is 0. The van der Waals surface area contributed by atoms with Crippen molar-refractivity contribution in [2.75, 3.05) is 26.7 Å². The molecule has 25 heavy (non-hydrogen) atoms. The smallest absolute Gasteiger partial charge is 0.191 e. The molecule has 0 amide bonds. The van der Waals surface area contributed by atoms with Gasteiger partial charge in [-0.05, 0) is 37.5 Å². The second kappa shape index (κ2) is 11.7. The number of guanidine groups is 1. The first kappa shape index (κ1) is 21.3. The van der Waals surface area contributed by atoms with Crippen LogP contribution in [-0.4, -0.2) is 42.3 Å². The summed E-state index contributed by atoms with van der Waals surface area (Å²) in [5, 5.41) is 6.61. The summed E-state index contributed by atoms with van der Waals surface area (Å²) in [5.41, 5.74) is 2.38. The van der Waals surface area contributed by atoms with Gasteiger partial charge in [0.2, 0.25) is 0 Å². The second-order valence-electron chi connectivity index (χ2n) is 5.54. The normalized spacial score (nSPS) is 10.9. The van der Waals surface area contributed by atoms with E-state index in [9.17, 15) is 0 Å². The van der Waals surface area contributed by atoms with Crippen LogP contribution in [0.2, 0.25) is 0 Å². The van der Waals surface area contributed by atoms with E-state index >= 15 is 0 Å². The van der Waals surface area contributed by atoms with Crippen LogP contribution in [0.5, 0.6) is 5.75 Å². The van der Waals surface area contributed by atoms with E-state index in [0.29, 0.717) is 0 Å². The van der Waals surface area contributed by atoms with Gasteiger partial charge in [-0.15, -0.1) is 24.0 Å². The number of nitrogens with zero attached hydrogens (tertiary/aromatic N) is 3. The Hall–Kier alpha value is -1.77. The summed E-state index contributed by atoms with van der Waals surface area (Å²) in [6, 6.07) is 6.31. The monoisotopic (exact) mass is 457 g/mol. The Balaban J connectivity index is 0.00000312. The van der Waals surface area contributed by atoms with Crippen LogP contribution < -0.4 is 15.4 Å². The Labute approximate surface area is 167 Å². The standard InChI is InChI=1S/C18H27N5O.HI/c1-4-20-18(22-10-12-23-11-9-19-14-23)21-8-7-16-6-5-15(2)17(13-16)24-3;/h5-6,9,11,13-14H,4,7-8,10,12H2,1-3H3,(H2,20,21,22);1H. The van der Waals surface area contributed by atoms with E-state index < -0.39 is 0 Å². The minimum absolute atomic E-state index is 0. The molecule has 0 radical (unpaired) electrons. The average molecular weight is 457 g/mol. The number of aryl methyl sites for hydroxylation is 1. The van der Waals surface area contributed by atoms with Gasteiger partial charge in [0.25, 0.3) is 0 Å². The summed E-state index contributed by atoms with van der Waals surface area (Å²) in [6.45, 7) is 7.36. The van der Waals surface area contributed by atoms with E-state index in [-0.39, 0.29) is 24.0 Å². The Morgan fingerprint density at radius 1 is 1.32 bits per heavy atom. The highest BCUT2D eigenvalue weighted by atomic mass is 127. The first-order valence-corrected chi connectivity index (χ1v) is 8.34. The van der Waals surface area contributed by atoms with Crippen molar-refractivity contribution < 1.29 is 4.74 Å². The Kier molecular flexibility index (Phi) is 9.98. The average Bonchev–Trinajstić information content (AvgIpc) is 3.09. The number of methoxy groups -OCH3 is 1. The van der Waals surface area contributed by atoms with Gasteiger partial charge >= 0.3 is 0 Å². The molecule has 2 N–H and O–H groups in total. The molecule has 7 heteroatoms. The zero-order chi connectivity index (χ0) is 17.2. The molecule has 0 fully saturated rings. The van der Waals surface area contributed by atoms with Crippen molar-refractivity contribution in [3.63, 3.8) is 0 Å². The van der Waals surface area contributed by atoms with Gasteiger partial charge in [0, 0.05) is 38.6 Å². The summed E-state index contributed by atoms with van der Waals surface area (Å²) in [6.07, 6.45) is 6.44. The zero-order valence-corrected chi connectivity index (χ0v) is 17.5. The molecule has 1 heterocycles. The lowest BCUT2D eigenvalue weighted by Gasteiger charge is -2.12. The molecule has 0 aliphatic carbocycles. The number of hydrogen-bond acceptors (Lipinski definition) is 3. The van der Waals surface area contributed by atoms with Crippen LogP contribution in [0.25, 0.3) is 0 Å². The Morgan fingerprint density at radius 3 is 2.84 bits per heavy atom. The van der Waals surface area contributed by atoms with Crippen molar-refractivity contribution >= 4 is 29.9 Å². The molecule has 2 aromatic rings. The van der Waals surface area contributed by atoms with Crippen LogP contribution in [-0.2, 0) is 13.0 Å². The maximum absolute atomic E-state index is 5.37. The van der Waals surface area contributed by atoms with Gasteiger partial charge in [0.1, 0.15) is 5.75 Å². The van der Waals surface area contributed by atoms with Crippen molar-refractivity contribution in [2.45, 2.75) is 26.8 Å². The first-order valence-electron chi connectivity index (χ1n) is 8.34. The molecule has 1 aromatic carbocycles. The molecule has 0 atom stereocenters. The van der Waals surface area contributed by atoms with E-state index in [4.69, 9.17) is 4.74 Å². The van der Waals surface area contributed by atoms with Crippen LogP contribution in [0.1, 0.15) is 18.1 Å². The highest BCUT2D eigenvalue weighted by Crippen LogP contribution is 2.19. The van der Waals surface area contributed by atoms with Gasteiger partial charge in [-0.3, -0.25) is 4.99 Å². The molecule has 0 bridgehead atoms. The molecule has 0 aliphatic heterocycles. The number of benzene rings is 1. The van der Waals surface area contributed by atoms with Gasteiger partial charge in [0.15, 0.2) is 5.96 Å². The van der Waals surface area contributed by atoms with E-state index in [1.165, 1.54) is 5.56 Å². The van der Waals surface area contributed by atoms with E-state index in [1.54, 1.807) is 13.3 Å². The van der Waals surface area contributed by atoms with Crippen LogP contribution in [0, 0.1) is 6.92 Å². The summed E-state index contributed by atoms with van der Waals surface area (Å²) in [4.78, 5) is 8.67. The number of aliphatic imine (C=N–C) groups is 1. The molecule has 0 saturated carbocycles. The van der Waals surface area contributed by atoms with Crippen molar-refractivity contribution in [1.82, 2.24) is 20.2 Å². The summed E-state index contributed by atoms with van der Waals surface area (Å²) in [5.74, 6) is 1.78. The third kappa shape index (κ3) is 7.33. The van der Waals surface area contributed by atoms with Gasteiger partial charge < -0.3 is 19.9 Å². The zero-order valence-electron chi connectivity index (χ0n) is 15.2. The quantitative estimate of drug-likeness (QED) is 0.364. The second-order valence-corrected chi connectivity index (χ2v) is 5.54. The van der Waals surface area contributed by atoms with E-state index in [0.717, 1.165) is 49.9 Å². The maximum Gasteiger partial charge on any atom is 0.191 e. The van der Waals surface area contributed by atoms with Crippen LogP contribution in [0.3, 0.4) is 0 Å². The predicted octanol–water partition coefficient (Wildman–Crippen LogP) is 2.62. The number of nitrogens with one attached hydrogen (secondary N) is 2. The van der Waals surface area contributed by atoms with Gasteiger partial charge in [0.05, 0.1) is 13.4 Å². The molecule has 0 saturated heterocycles. The topological polar surface area (TPSA) is 63.5 Å². The first-order chi connectivity index (χ1) is 11.7. The third-order valence-corrected chi connectivity index (χ3v) is 3.71. The van der Waals surface area contributed by atoms with Crippen LogP contribution in [0.4, 0.5) is 0 Å². The van der Waals surface area contributed by atoms with Crippen molar-refractivity contribution in [2.24, 2.45) is 4.99 Å². The number of imidazole rings is 1. The van der Waals surface area contributed by atoms with Crippen LogP contribution >= 0.6 is 24.0 Å². The maximum atomic E-state index is 5.37. The fourth-order valence-electron chi connectivity index (χ4n) is 2.38. The highest BCUT2D eigenvalue weighted by Gasteiger charge is 2.01. The number of aromatic nitrogens is 2. The van der Waals surface area contributed by atoms with Crippen molar-refractivity contribution in [3.05, 3.63) is 48.0 Å². The molecular weight excluding hydrogens is 429 g/mol. The molecule has 2 rings (SSSR count). The van der Waals surface area contributed by atoms with Crippen LogP contribution in [0.15, 0.2) is 41.9 Å². The summed E-state index contributed by atoms with van der Waals surface area (Å²) >= 11 is 0. The van der Waals surface area contributed by atoms with E-state index in [1.807, 2.05) is 24.0 Å². The number of ether oxygens (including phenoxy) is 1. The van der Waals surface area contributed by atoms with Gasteiger partial charge in [-0.1, -0.05) is 12.1 Å². The molecule has 0 spiro atoms. The minimum Gasteiger partial charge on any atom is -0.496 e. The summed E-state index contributed by atoms with van der Waals surface area (Å²) < 4.78 is 7.41. The Bertz CT molecular complexity index is 643. The van der Waals surface area contributed by atoms with Gasteiger partial charge in [-0.25, -0.2) is 4.98 Å². The fourth-order valence-corrected chi connectivity index (χ4v) is 2.38. The largest absolute Gasteiger partial charge is 0.496 e. The number of halogens is 1. The molecule has 138 valence electrons. The molecule has 1 aromatic heterocycles. The lowest BCUT2D eigenvalue weighted by Crippen LogP contribution is -2.39. The van der Waals surface area contributed by atoms with Gasteiger partial charge in [-0.2, -0.15) is 0 Å². The molecular formula is C18H28IN5O. The predicted molar refractivity (Wildman–Crippen MR) is 113 cm³/mol. The highest BCUT2D eigenvalue weighted by molar-refractivity contribution is 14.0. The lowest BCUT2D eigenvalue weighted by atomic mass is 10.1. The molecule has 0 aliphatic rings. The van der Waals surface area contributed by atoms with Crippen molar-refractivity contribution in [3.8, 4) is 5.75 Å². The van der Waals surface area contributed by atoms with Crippen molar-refractivity contribution in [1.29, 1.82) is 0 Å². The lowest BCUT2D eigenvalue weighted by molar-refractivity contribution is 0.411. The fraction of sp³-hybridized carbons (Fsp3) is 0.444. The number of hydrogen-bond donors (Lipinski definition) is 2. The SMILES string of the molecule is CCNC(=NCCc1ccc(C)c(OC)c1)NCCn1ccnc1.I. The third-order valence-electron chi connectivity index (χ3n) is 3.71. The molecule has 0 unspecified atom stereocenters. The van der Waals surface area contributed by atoms with E-state index in [2.05, 4.69) is 45.7 Å². The Morgan fingerprint density at radius 2 is 2.16 bits per heavy atom. The number of rotatable bonds is 8. The summed E-state index contributed by atoms with van der Waals surface area (Å²) in [7, 11) is 1.71.